The lowest BCUT2D eigenvalue weighted by Crippen LogP contribution is -2.34. The molecule has 1 N–H and O–H groups in total. The molecule has 0 unspecified atom stereocenters. The zero-order valence-electron chi connectivity index (χ0n) is 24.2. The normalized spacial score (nSPS) is 10.9. The minimum atomic E-state index is -0.196. The van der Waals surface area contributed by atoms with Gasteiger partial charge in [0.25, 0.3) is 5.91 Å². The number of methoxy groups -OCH3 is 1. The van der Waals surface area contributed by atoms with Crippen LogP contribution >= 0.6 is 11.3 Å². The van der Waals surface area contributed by atoms with Gasteiger partial charge in [0, 0.05) is 12.5 Å². The summed E-state index contributed by atoms with van der Waals surface area (Å²) in [5.74, 6) is 0.901. The zero-order valence-corrected chi connectivity index (χ0v) is 25.0. The predicted octanol–water partition coefficient (Wildman–Crippen LogP) is 8.73. The number of nitrogens with zero attached hydrogens (tertiary/aromatic N) is 1. The maximum atomic E-state index is 13.4. The van der Waals surface area contributed by atoms with Gasteiger partial charge in [0.1, 0.15) is 0 Å². The van der Waals surface area contributed by atoms with Gasteiger partial charge in [-0.2, -0.15) is 4.57 Å². The maximum absolute atomic E-state index is 13.4. The van der Waals surface area contributed by atoms with Crippen molar-refractivity contribution < 1.29 is 18.8 Å². The van der Waals surface area contributed by atoms with Gasteiger partial charge in [-0.05, 0) is 24.6 Å². The molecule has 0 saturated carbocycles. The average Bonchev–Trinajstić information content (AvgIpc) is 3.36. The molecule has 0 bridgehead atoms. The van der Waals surface area contributed by atoms with E-state index in [1.807, 2.05) is 30.3 Å². The molecule has 0 radical (unpaired) electrons. The van der Waals surface area contributed by atoms with Crippen LogP contribution in [-0.2, 0) is 6.54 Å². The fraction of sp³-hybridized carbons (Fsp3) is 0.515. The molecular formula is C33H47N2O3S+. The number of aromatic nitrogens is 1. The van der Waals surface area contributed by atoms with E-state index >= 15 is 0 Å². The van der Waals surface area contributed by atoms with Gasteiger partial charge in [0.05, 0.1) is 30.3 Å². The van der Waals surface area contributed by atoms with Gasteiger partial charge >= 0.3 is 0 Å². The molecule has 1 heterocycles. The Bertz CT molecular complexity index is 1130. The SMILES string of the molecule is CCCCCCCCCCCCCCOc1c(OC)cccc1C(=O)Nc1ccccc1C[n+]1ccsc1C. The van der Waals surface area contributed by atoms with Crippen LogP contribution < -0.4 is 19.4 Å². The third-order valence-electron chi connectivity index (χ3n) is 7.18. The highest BCUT2D eigenvalue weighted by molar-refractivity contribution is 7.09. The van der Waals surface area contributed by atoms with Gasteiger partial charge < -0.3 is 14.8 Å². The number of nitrogens with one attached hydrogen (secondary N) is 1. The summed E-state index contributed by atoms with van der Waals surface area (Å²) >= 11 is 1.71. The Labute approximate surface area is 239 Å². The standard InChI is InChI=1S/C33H46N2O3S/c1-4-5-6-7-8-9-10-11-12-13-14-17-24-38-32-29(20-18-22-31(32)37-3)33(36)34-30-21-16-15-19-28(30)26-35-23-25-39-27(35)2/h15-16,18-23,25H,4-14,17,24,26H2,1-3H3/p+1. The Morgan fingerprint density at radius 2 is 1.54 bits per heavy atom. The van der Waals surface area contributed by atoms with E-state index in [4.69, 9.17) is 9.47 Å². The van der Waals surface area contributed by atoms with Crippen LogP contribution in [-0.4, -0.2) is 19.6 Å². The van der Waals surface area contributed by atoms with Crippen molar-refractivity contribution in [2.24, 2.45) is 0 Å². The number of benzene rings is 2. The van der Waals surface area contributed by atoms with Gasteiger partial charge in [-0.15, -0.1) is 0 Å². The van der Waals surface area contributed by atoms with E-state index in [1.165, 1.54) is 69.2 Å². The number of hydrogen-bond acceptors (Lipinski definition) is 4. The van der Waals surface area contributed by atoms with E-state index in [0.29, 0.717) is 30.2 Å². The van der Waals surface area contributed by atoms with E-state index in [9.17, 15) is 4.79 Å². The van der Waals surface area contributed by atoms with E-state index in [0.717, 1.165) is 24.1 Å². The summed E-state index contributed by atoms with van der Waals surface area (Å²) < 4.78 is 13.9. The molecule has 0 saturated heterocycles. The molecule has 3 aromatic rings. The number of amides is 1. The van der Waals surface area contributed by atoms with Crippen molar-refractivity contribution in [3.05, 3.63) is 70.2 Å². The first kappa shape index (κ1) is 30.7. The van der Waals surface area contributed by atoms with Crippen LogP contribution in [0, 0.1) is 6.92 Å². The lowest BCUT2D eigenvalue weighted by Gasteiger charge is -2.16. The summed E-state index contributed by atoms with van der Waals surface area (Å²) in [7, 11) is 1.61. The van der Waals surface area contributed by atoms with Crippen LogP contribution in [0.15, 0.2) is 54.0 Å². The zero-order chi connectivity index (χ0) is 27.7. The van der Waals surface area contributed by atoms with Gasteiger partial charge in [-0.3, -0.25) is 4.79 Å². The minimum absolute atomic E-state index is 0.196. The Morgan fingerprint density at radius 3 is 2.18 bits per heavy atom. The second kappa shape index (κ2) is 17.7. The number of ether oxygens (including phenoxy) is 2. The average molecular weight is 552 g/mol. The molecular weight excluding hydrogens is 504 g/mol. The van der Waals surface area contributed by atoms with Crippen molar-refractivity contribution in [2.75, 3.05) is 19.0 Å². The van der Waals surface area contributed by atoms with Crippen LogP contribution in [0.2, 0.25) is 0 Å². The Hall–Kier alpha value is -2.86. The molecule has 2 aromatic carbocycles. The van der Waals surface area contributed by atoms with Crippen LogP contribution in [0.1, 0.15) is 105 Å². The van der Waals surface area contributed by atoms with Crippen molar-refractivity contribution >= 4 is 22.9 Å². The first-order chi connectivity index (χ1) is 19.1. The molecule has 0 aliphatic carbocycles. The largest absolute Gasteiger partial charge is 0.493 e. The Kier molecular flexibility index (Phi) is 13.9. The van der Waals surface area contributed by atoms with Gasteiger partial charge in [0.2, 0.25) is 5.01 Å². The topological polar surface area (TPSA) is 51.4 Å². The molecule has 0 spiro atoms. The molecule has 1 amide bonds. The van der Waals surface area contributed by atoms with Gasteiger partial charge in [-0.25, -0.2) is 0 Å². The monoisotopic (exact) mass is 551 g/mol. The van der Waals surface area contributed by atoms with E-state index in [1.54, 1.807) is 24.5 Å². The third kappa shape index (κ3) is 10.3. The molecule has 3 rings (SSSR count). The number of anilines is 1. The molecule has 6 heteroatoms. The quantitative estimate of drug-likeness (QED) is 0.120. The Balaban J connectivity index is 1.48. The third-order valence-corrected chi connectivity index (χ3v) is 8.01. The van der Waals surface area contributed by atoms with E-state index < -0.39 is 0 Å². The van der Waals surface area contributed by atoms with Gasteiger partial charge in [-0.1, -0.05) is 113 Å². The highest BCUT2D eigenvalue weighted by Gasteiger charge is 2.19. The summed E-state index contributed by atoms with van der Waals surface area (Å²) in [5.41, 5.74) is 2.34. The smallest absolute Gasteiger partial charge is 0.259 e. The molecule has 5 nitrogen and oxygen atoms in total. The Morgan fingerprint density at radius 1 is 0.872 bits per heavy atom. The fourth-order valence-electron chi connectivity index (χ4n) is 4.81. The number of aryl methyl sites for hydroxylation is 1. The van der Waals surface area contributed by atoms with Crippen LogP contribution in [0.5, 0.6) is 11.5 Å². The summed E-state index contributed by atoms with van der Waals surface area (Å²) in [6.07, 6.45) is 17.7. The number of carbonyl (C=O) groups is 1. The molecule has 0 fully saturated rings. The molecule has 1 aromatic heterocycles. The first-order valence-electron chi connectivity index (χ1n) is 14.8. The number of carbonyl (C=O) groups excluding carboxylic acids is 1. The highest BCUT2D eigenvalue weighted by Crippen LogP contribution is 2.32. The maximum Gasteiger partial charge on any atom is 0.259 e. The van der Waals surface area contributed by atoms with E-state index in [2.05, 4.69) is 41.4 Å². The summed E-state index contributed by atoms with van der Waals surface area (Å²) in [4.78, 5) is 13.4. The second-order valence-corrected chi connectivity index (χ2v) is 11.3. The van der Waals surface area contributed by atoms with Crippen molar-refractivity contribution in [1.29, 1.82) is 0 Å². The second-order valence-electron chi connectivity index (χ2n) is 10.2. The van der Waals surface area contributed by atoms with Crippen molar-refractivity contribution in [2.45, 2.75) is 97.4 Å². The fourth-order valence-corrected chi connectivity index (χ4v) is 5.48. The van der Waals surface area contributed by atoms with Crippen LogP contribution in [0.4, 0.5) is 5.69 Å². The van der Waals surface area contributed by atoms with Crippen LogP contribution in [0.25, 0.3) is 0 Å². The van der Waals surface area contributed by atoms with Crippen molar-refractivity contribution in [3.63, 3.8) is 0 Å². The van der Waals surface area contributed by atoms with Crippen molar-refractivity contribution in [1.82, 2.24) is 0 Å². The molecule has 212 valence electrons. The van der Waals surface area contributed by atoms with E-state index in [-0.39, 0.29) is 5.91 Å². The van der Waals surface area contributed by atoms with Gasteiger partial charge in [0.15, 0.2) is 24.2 Å². The highest BCUT2D eigenvalue weighted by atomic mass is 32.1. The summed E-state index contributed by atoms with van der Waals surface area (Å²) in [5, 5.41) is 6.41. The van der Waals surface area contributed by atoms with Crippen LogP contribution in [0.3, 0.4) is 0 Å². The molecule has 0 aliphatic rings. The number of hydrogen-bond donors (Lipinski definition) is 1. The number of thiazole rings is 1. The summed E-state index contributed by atoms with van der Waals surface area (Å²) in [6.45, 7) is 5.64. The van der Waals surface area contributed by atoms with Crippen molar-refractivity contribution in [3.8, 4) is 11.5 Å². The lowest BCUT2D eigenvalue weighted by molar-refractivity contribution is -0.689. The molecule has 39 heavy (non-hydrogen) atoms. The minimum Gasteiger partial charge on any atom is -0.493 e. The number of para-hydroxylation sites is 2. The predicted molar refractivity (Wildman–Crippen MR) is 162 cm³/mol. The first-order valence-corrected chi connectivity index (χ1v) is 15.6. The molecule has 0 aliphatic heterocycles. The summed E-state index contributed by atoms with van der Waals surface area (Å²) in [6, 6.07) is 13.4. The number of unbranched alkanes of at least 4 members (excludes halogenated alkanes) is 11. The number of rotatable bonds is 19. The lowest BCUT2D eigenvalue weighted by atomic mass is 10.1. The molecule has 0 atom stereocenters.